The molecule has 2 rings (SSSR count). The Morgan fingerprint density at radius 1 is 1.24 bits per heavy atom. The fourth-order valence-electron chi connectivity index (χ4n) is 1.62. The average molecular weight is 226 g/mol. The molecule has 3 nitrogen and oxygen atoms in total. The first-order chi connectivity index (χ1) is 8.33. The van der Waals surface area contributed by atoms with Gasteiger partial charge in [-0.3, -0.25) is 0 Å². The quantitative estimate of drug-likeness (QED) is 0.870. The molecule has 0 bridgehead atoms. The van der Waals surface area contributed by atoms with Gasteiger partial charge in [-0.15, -0.1) is 0 Å². The molecule has 0 saturated carbocycles. The Bertz CT molecular complexity index is 545. The van der Waals surface area contributed by atoms with E-state index in [0.717, 1.165) is 11.1 Å². The minimum Gasteiger partial charge on any atom is -0.491 e. The Morgan fingerprint density at radius 2 is 2.00 bits per heavy atom. The molecular weight excluding hydrogens is 212 g/mol. The van der Waals surface area contributed by atoms with E-state index in [1.807, 2.05) is 36.4 Å². The summed E-state index contributed by atoms with van der Waals surface area (Å²) >= 11 is 0. The predicted molar refractivity (Wildman–Crippen MR) is 67.9 cm³/mol. The molecule has 0 aliphatic rings. The molecule has 1 N–H and O–H groups in total. The van der Waals surface area contributed by atoms with E-state index >= 15 is 0 Å². The van der Waals surface area contributed by atoms with Crippen molar-refractivity contribution in [2.24, 2.45) is 0 Å². The smallest absolute Gasteiger partial charge is 0.129 e. The molecule has 0 heterocycles. The zero-order valence-electron chi connectivity index (χ0n) is 9.68. The fourth-order valence-corrected chi connectivity index (χ4v) is 1.62. The van der Waals surface area contributed by atoms with Gasteiger partial charge in [0.15, 0.2) is 0 Å². The van der Waals surface area contributed by atoms with Crippen LogP contribution in [0.5, 0.6) is 5.75 Å². The first-order valence-electron chi connectivity index (χ1n) is 5.52. The van der Waals surface area contributed by atoms with Crippen molar-refractivity contribution in [3.8, 4) is 11.8 Å². The molecule has 0 amide bonds. The standard InChI is InChI=1S/C14H14N2O/c1-16-13(9-15)10-17-14-7-6-11-4-2-3-5-12(11)8-14/h2-8,13,16H,10H2,1H3. The Balaban J connectivity index is 2.12. The van der Waals surface area contributed by atoms with Gasteiger partial charge in [-0.1, -0.05) is 30.3 Å². The van der Waals surface area contributed by atoms with Gasteiger partial charge in [0.1, 0.15) is 18.4 Å². The van der Waals surface area contributed by atoms with E-state index in [0.29, 0.717) is 6.61 Å². The lowest BCUT2D eigenvalue weighted by Gasteiger charge is -2.10. The minimum atomic E-state index is -0.276. The van der Waals surface area contributed by atoms with Crippen LogP contribution in [-0.2, 0) is 0 Å². The number of nitrogens with zero attached hydrogens (tertiary/aromatic N) is 1. The Hall–Kier alpha value is -2.05. The molecule has 1 atom stereocenters. The molecular formula is C14H14N2O. The second-order valence-electron chi connectivity index (χ2n) is 3.79. The maximum Gasteiger partial charge on any atom is 0.129 e. The average Bonchev–Trinajstić information content (AvgIpc) is 2.40. The van der Waals surface area contributed by atoms with E-state index in [1.54, 1.807) is 7.05 Å². The zero-order valence-corrected chi connectivity index (χ0v) is 9.68. The van der Waals surface area contributed by atoms with Gasteiger partial charge < -0.3 is 10.1 Å². The number of fused-ring (bicyclic) bond motifs is 1. The summed E-state index contributed by atoms with van der Waals surface area (Å²) in [6, 6.07) is 15.9. The van der Waals surface area contributed by atoms with Gasteiger partial charge in [0.05, 0.1) is 6.07 Å². The predicted octanol–water partition coefficient (Wildman–Crippen LogP) is 2.33. The van der Waals surface area contributed by atoms with Crippen molar-refractivity contribution >= 4 is 10.8 Å². The van der Waals surface area contributed by atoms with Crippen LogP contribution in [0.1, 0.15) is 0 Å². The van der Waals surface area contributed by atoms with Crippen LogP contribution in [0.3, 0.4) is 0 Å². The summed E-state index contributed by atoms with van der Waals surface area (Å²) in [6.07, 6.45) is 0. The molecule has 0 spiro atoms. The normalized spacial score (nSPS) is 12.0. The van der Waals surface area contributed by atoms with Crippen molar-refractivity contribution in [2.75, 3.05) is 13.7 Å². The number of nitrogens with one attached hydrogen (secondary N) is 1. The number of nitriles is 1. The van der Waals surface area contributed by atoms with Crippen LogP contribution < -0.4 is 10.1 Å². The minimum absolute atomic E-state index is 0.276. The van der Waals surface area contributed by atoms with E-state index in [4.69, 9.17) is 10.00 Å². The molecule has 2 aromatic rings. The SMILES string of the molecule is CNC(C#N)COc1ccc2ccccc2c1. The van der Waals surface area contributed by atoms with Crippen molar-refractivity contribution in [3.63, 3.8) is 0 Å². The Morgan fingerprint density at radius 3 is 2.71 bits per heavy atom. The van der Waals surface area contributed by atoms with E-state index in [2.05, 4.69) is 17.5 Å². The molecule has 1 unspecified atom stereocenters. The maximum absolute atomic E-state index is 8.78. The third kappa shape index (κ3) is 2.74. The highest BCUT2D eigenvalue weighted by Crippen LogP contribution is 2.20. The molecule has 0 aliphatic heterocycles. The zero-order chi connectivity index (χ0) is 12.1. The van der Waals surface area contributed by atoms with Crippen molar-refractivity contribution < 1.29 is 4.74 Å². The summed E-state index contributed by atoms with van der Waals surface area (Å²) in [4.78, 5) is 0. The number of benzene rings is 2. The lowest BCUT2D eigenvalue weighted by molar-refractivity contribution is 0.295. The molecule has 0 radical (unpaired) electrons. The molecule has 3 heteroatoms. The second-order valence-corrected chi connectivity index (χ2v) is 3.79. The topological polar surface area (TPSA) is 45.0 Å². The Kier molecular flexibility index (Phi) is 3.59. The van der Waals surface area contributed by atoms with E-state index in [9.17, 15) is 0 Å². The van der Waals surface area contributed by atoms with Crippen LogP contribution in [-0.4, -0.2) is 19.7 Å². The molecule has 0 fully saturated rings. The highest BCUT2D eigenvalue weighted by atomic mass is 16.5. The molecule has 0 saturated heterocycles. The molecule has 0 aliphatic carbocycles. The van der Waals surface area contributed by atoms with Crippen molar-refractivity contribution in [1.29, 1.82) is 5.26 Å². The third-order valence-corrected chi connectivity index (χ3v) is 2.64. The number of ether oxygens (including phenoxy) is 1. The van der Waals surface area contributed by atoms with Crippen molar-refractivity contribution in [2.45, 2.75) is 6.04 Å². The molecule has 2 aromatic carbocycles. The third-order valence-electron chi connectivity index (χ3n) is 2.64. The van der Waals surface area contributed by atoms with Crippen molar-refractivity contribution in [1.82, 2.24) is 5.32 Å². The highest BCUT2D eigenvalue weighted by Gasteiger charge is 2.04. The first-order valence-corrected chi connectivity index (χ1v) is 5.52. The van der Waals surface area contributed by atoms with Gasteiger partial charge in [0.25, 0.3) is 0 Å². The second kappa shape index (κ2) is 5.33. The fraction of sp³-hybridized carbons (Fsp3) is 0.214. The first kappa shape index (κ1) is 11.4. The molecule has 86 valence electrons. The van der Waals surface area contributed by atoms with Gasteiger partial charge in [0.2, 0.25) is 0 Å². The summed E-state index contributed by atoms with van der Waals surface area (Å²) in [5.41, 5.74) is 0. The van der Waals surface area contributed by atoms with Crippen LogP contribution in [0.2, 0.25) is 0 Å². The summed E-state index contributed by atoms with van der Waals surface area (Å²) in [7, 11) is 1.75. The summed E-state index contributed by atoms with van der Waals surface area (Å²) in [5.74, 6) is 0.791. The van der Waals surface area contributed by atoms with Crippen molar-refractivity contribution in [3.05, 3.63) is 42.5 Å². The van der Waals surface area contributed by atoms with Crippen LogP contribution in [0, 0.1) is 11.3 Å². The summed E-state index contributed by atoms with van der Waals surface area (Å²) in [6.45, 7) is 0.353. The highest BCUT2D eigenvalue weighted by molar-refractivity contribution is 5.83. The van der Waals surface area contributed by atoms with E-state index < -0.39 is 0 Å². The summed E-state index contributed by atoms with van der Waals surface area (Å²) in [5, 5.41) is 14.0. The van der Waals surface area contributed by atoms with Crippen LogP contribution in [0.15, 0.2) is 42.5 Å². The number of likely N-dealkylation sites (N-methyl/N-ethyl adjacent to an activating group) is 1. The van der Waals surface area contributed by atoms with Crippen LogP contribution in [0.25, 0.3) is 10.8 Å². The number of rotatable bonds is 4. The van der Waals surface area contributed by atoms with Gasteiger partial charge in [-0.25, -0.2) is 0 Å². The lowest BCUT2D eigenvalue weighted by Crippen LogP contribution is -2.29. The number of hydrogen-bond acceptors (Lipinski definition) is 3. The van der Waals surface area contributed by atoms with Gasteiger partial charge in [0, 0.05) is 0 Å². The largest absolute Gasteiger partial charge is 0.491 e. The van der Waals surface area contributed by atoms with Crippen LogP contribution in [0.4, 0.5) is 0 Å². The van der Waals surface area contributed by atoms with Gasteiger partial charge in [-0.2, -0.15) is 5.26 Å². The monoisotopic (exact) mass is 226 g/mol. The van der Waals surface area contributed by atoms with Gasteiger partial charge in [-0.05, 0) is 30.0 Å². The molecule has 0 aromatic heterocycles. The van der Waals surface area contributed by atoms with Crippen LogP contribution >= 0.6 is 0 Å². The van der Waals surface area contributed by atoms with E-state index in [1.165, 1.54) is 5.39 Å². The molecule has 17 heavy (non-hydrogen) atoms. The van der Waals surface area contributed by atoms with E-state index in [-0.39, 0.29) is 6.04 Å². The number of hydrogen-bond donors (Lipinski definition) is 1. The maximum atomic E-state index is 8.78. The lowest BCUT2D eigenvalue weighted by atomic mass is 10.1. The summed E-state index contributed by atoms with van der Waals surface area (Å²) < 4.78 is 5.57. The van der Waals surface area contributed by atoms with Gasteiger partial charge >= 0.3 is 0 Å². The Labute approximate surface area is 101 Å².